The summed E-state index contributed by atoms with van der Waals surface area (Å²) in [7, 11) is 0. The minimum absolute atomic E-state index is 0.322. The summed E-state index contributed by atoms with van der Waals surface area (Å²) in [5.41, 5.74) is 7.91. The van der Waals surface area contributed by atoms with Crippen LogP contribution in [0.4, 0.5) is 5.00 Å². The molecule has 6 nitrogen and oxygen atoms in total. The van der Waals surface area contributed by atoms with Crippen molar-refractivity contribution in [2.75, 3.05) is 5.32 Å². The summed E-state index contributed by atoms with van der Waals surface area (Å²) in [5, 5.41) is 7.12. The van der Waals surface area contributed by atoms with Gasteiger partial charge in [-0.3, -0.25) is 9.59 Å². The summed E-state index contributed by atoms with van der Waals surface area (Å²) in [5.74, 6) is -0.359. The normalized spacial score (nSPS) is 13.7. The van der Waals surface area contributed by atoms with Gasteiger partial charge in [-0.15, -0.1) is 11.3 Å². The fraction of sp³-hybridized carbons (Fsp3) is 0.400. The number of amides is 2. The standard InChI is InChI=1S/C15H17N3O3S/c1-7-11(8(2)21-18-7)14(20)17-15-12(13(16)19)9-5-3-4-6-10(9)22-15/h3-6H2,1-2H3,(H2,16,19)(H,17,20). The minimum Gasteiger partial charge on any atom is -0.365 e. The van der Waals surface area contributed by atoms with Gasteiger partial charge >= 0.3 is 0 Å². The van der Waals surface area contributed by atoms with Gasteiger partial charge in [-0.05, 0) is 45.1 Å². The molecule has 0 atom stereocenters. The number of anilines is 1. The molecule has 2 aromatic heterocycles. The number of nitrogens with two attached hydrogens (primary N) is 1. The van der Waals surface area contributed by atoms with Gasteiger partial charge in [-0.1, -0.05) is 5.16 Å². The second-order valence-electron chi connectivity index (χ2n) is 5.43. The monoisotopic (exact) mass is 319 g/mol. The van der Waals surface area contributed by atoms with Crippen LogP contribution in [0.25, 0.3) is 0 Å². The van der Waals surface area contributed by atoms with Gasteiger partial charge in [0.2, 0.25) is 0 Å². The summed E-state index contributed by atoms with van der Waals surface area (Å²) < 4.78 is 5.01. The first kappa shape index (κ1) is 14.8. The average Bonchev–Trinajstić information content (AvgIpc) is 2.98. The maximum Gasteiger partial charge on any atom is 0.261 e. The number of hydrogen-bond donors (Lipinski definition) is 2. The van der Waals surface area contributed by atoms with Crippen molar-refractivity contribution in [2.24, 2.45) is 5.73 Å². The van der Waals surface area contributed by atoms with Crippen LogP contribution >= 0.6 is 11.3 Å². The molecule has 0 fully saturated rings. The zero-order valence-electron chi connectivity index (χ0n) is 12.5. The van der Waals surface area contributed by atoms with Gasteiger partial charge in [0.05, 0.1) is 11.3 Å². The van der Waals surface area contributed by atoms with Crippen LogP contribution < -0.4 is 11.1 Å². The number of aromatic nitrogens is 1. The van der Waals surface area contributed by atoms with Crippen molar-refractivity contribution in [3.8, 4) is 0 Å². The summed E-state index contributed by atoms with van der Waals surface area (Å²) in [4.78, 5) is 25.4. The van der Waals surface area contributed by atoms with E-state index >= 15 is 0 Å². The van der Waals surface area contributed by atoms with E-state index in [0.717, 1.165) is 36.1 Å². The van der Waals surface area contributed by atoms with Crippen LogP contribution in [0.5, 0.6) is 0 Å². The van der Waals surface area contributed by atoms with Gasteiger partial charge in [0, 0.05) is 4.88 Å². The van der Waals surface area contributed by atoms with E-state index in [2.05, 4.69) is 10.5 Å². The van der Waals surface area contributed by atoms with Crippen molar-refractivity contribution in [3.05, 3.63) is 33.0 Å². The van der Waals surface area contributed by atoms with Crippen molar-refractivity contribution in [1.82, 2.24) is 5.16 Å². The number of thiophene rings is 1. The van der Waals surface area contributed by atoms with E-state index < -0.39 is 5.91 Å². The number of carbonyl (C=O) groups excluding carboxylic acids is 2. The summed E-state index contributed by atoms with van der Waals surface area (Å²) in [6.07, 6.45) is 3.91. The Bertz CT molecular complexity index is 741. The second kappa shape index (κ2) is 5.57. The predicted molar refractivity (Wildman–Crippen MR) is 83.4 cm³/mol. The lowest BCUT2D eigenvalue weighted by molar-refractivity contribution is 0.100. The number of aryl methyl sites for hydroxylation is 3. The molecule has 22 heavy (non-hydrogen) atoms. The fourth-order valence-electron chi connectivity index (χ4n) is 2.89. The Morgan fingerprint density at radius 1 is 1.23 bits per heavy atom. The molecule has 2 heterocycles. The highest BCUT2D eigenvalue weighted by Gasteiger charge is 2.26. The molecule has 0 aliphatic heterocycles. The smallest absolute Gasteiger partial charge is 0.261 e. The first-order valence-electron chi connectivity index (χ1n) is 7.17. The third-order valence-electron chi connectivity index (χ3n) is 3.91. The van der Waals surface area contributed by atoms with E-state index in [1.807, 2.05) is 0 Å². The third-order valence-corrected chi connectivity index (χ3v) is 5.11. The molecule has 0 unspecified atom stereocenters. The summed E-state index contributed by atoms with van der Waals surface area (Å²) in [6.45, 7) is 3.39. The average molecular weight is 319 g/mol. The molecule has 2 amide bonds. The number of rotatable bonds is 3. The maximum absolute atomic E-state index is 12.4. The molecule has 2 aromatic rings. The maximum atomic E-state index is 12.4. The molecular formula is C15H17N3O3S. The van der Waals surface area contributed by atoms with Gasteiger partial charge in [0.25, 0.3) is 11.8 Å². The van der Waals surface area contributed by atoms with Crippen molar-refractivity contribution in [2.45, 2.75) is 39.5 Å². The SMILES string of the molecule is Cc1noc(C)c1C(=O)Nc1sc2c(c1C(N)=O)CCCC2. The number of primary amides is 1. The minimum atomic E-state index is -0.492. The van der Waals surface area contributed by atoms with Gasteiger partial charge in [0.1, 0.15) is 16.3 Å². The molecular weight excluding hydrogens is 302 g/mol. The fourth-order valence-corrected chi connectivity index (χ4v) is 4.18. The van der Waals surface area contributed by atoms with Crippen LogP contribution in [-0.2, 0) is 12.8 Å². The zero-order chi connectivity index (χ0) is 15.9. The van der Waals surface area contributed by atoms with Crippen LogP contribution in [0, 0.1) is 13.8 Å². The van der Waals surface area contributed by atoms with Crippen LogP contribution in [-0.4, -0.2) is 17.0 Å². The molecule has 0 bridgehead atoms. The van der Waals surface area contributed by atoms with E-state index in [-0.39, 0.29) is 5.91 Å². The molecule has 1 aliphatic carbocycles. The third kappa shape index (κ3) is 2.41. The van der Waals surface area contributed by atoms with E-state index in [0.29, 0.717) is 27.6 Å². The first-order chi connectivity index (χ1) is 10.5. The Kier molecular flexibility index (Phi) is 3.74. The van der Waals surface area contributed by atoms with Crippen LogP contribution in [0.15, 0.2) is 4.52 Å². The highest BCUT2D eigenvalue weighted by Crippen LogP contribution is 2.38. The molecule has 0 spiro atoms. The lowest BCUT2D eigenvalue weighted by Gasteiger charge is -2.11. The lowest BCUT2D eigenvalue weighted by Crippen LogP contribution is -2.19. The lowest BCUT2D eigenvalue weighted by atomic mass is 9.95. The van der Waals surface area contributed by atoms with Crippen molar-refractivity contribution >= 4 is 28.2 Å². The second-order valence-corrected chi connectivity index (χ2v) is 6.54. The molecule has 0 saturated carbocycles. The van der Waals surface area contributed by atoms with Gasteiger partial charge in [-0.25, -0.2) is 0 Å². The van der Waals surface area contributed by atoms with Crippen LogP contribution in [0.2, 0.25) is 0 Å². The van der Waals surface area contributed by atoms with E-state index in [1.54, 1.807) is 13.8 Å². The van der Waals surface area contributed by atoms with Gasteiger partial charge in [0.15, 0.2) is 0 Å². The molecule has 0 saturated heterocycles. The summed E-state index contributed by atoms with van der Waals surface area (Å²) >= 11 is 1.44. The Balaban J connectivity index is 1.97. The summed E-state index contributed by atoms with van der Waals surface area (Å²) in [6, 6.07) is 0. The number of fused-ring (bicyclic) bond motifs is 1. The Labute approximate surface area is 131 Å². The molecule has 3 rings (SSSR count). The molecule has 116 valence electrons. The molecule has 0 radical (unpaired) electrons. The molecule has 7 heteroatoms. The topological polar surface area (TPSA) is 98.2 Å². The van der Waals surface area contributed by atoms with Crippen molar-refractivity contribution in [3.63, 3.8) is 0 Å². The number of nitrogens with one attached hydrogen (secondary N) is 1. The Hall–Kier alpha value is -2.15. The van der Waals surface area contributed by atoms with E-state index in [4.69, 9.17) is 10.3 Å². The van der Waals surface area contributed by atoms with Crippen molar-refractivity contribution < 1.29 is 14.1 Å². The number of nitrogens with zero attached hydrogens (tertiary/aromatic N) is 1. The van der Waals surface area contributed by atoms with Crippen molar-refractivity contribution in [1.29, 1.82) is 0 Å². The molecule has 3 N–H and O–H groups in total. The quantitative estimate of drug-likeness (QED) is 0.908. The molecule has 1 aliphatic rings. The number of carbonyl (C=O) groups is 2. The zero-order valence-corrected chi connectivity index (χ0v) is 13.3. The molecule has 0 aromatic carbocycles. The highest BCUT2D eigenvalue weighted by molar-refractivity contribution is 7.17. The Morgan fingerprint density at radius 2 is 1.95 bits per heavy atom. The largest absolute Gasteiger partial charge is 0.365 e. The van der Waals surface area contributed by atoms with Crippen LogP contribution in [0.1, 0.15) is 55.5 Å². The highest BCUT2D eigenvalue weighted by atomic mass is 32.1. The number of hydrogen-bond acceptors (Lipinski definition) is 5. The van der Waals surface area contributed by atoms with E-state index in [9.17, 15) is 9.59 Å². The van der Waals surface area contributed by atoms with Crippen LogP contribution in [0.3, 0.4) is 0 Å². The first-order valence-corrected chi connectivity index (χ1v) is 7.99. The van der Waals surface area contributed by atoms with E-state index in [1.165, 1.54) is 11.3 Å². The Morgan fingerprint density at radius 3 is 2.59 bits per heavy atom. The predicted octanol–water partition coefficient (Wildman–Crippen LogP) is 2.58. The van der Waals surface area contributed by atoms with Gasteiger partial charge < -0.3 is 15.6 Å². The van der Waals surface area contributed by atoms with Gasteiger partial charge in [-0.2, -0.15) is 0 Å².